The lowest BCUT2D eigenvalue weighted by Gasteiger charge is -2.26. The third kappa shape index (κ3) is 3.81. The average molecular weight is 375 g/mol. The minimum absolute atomic E-state index is 0.0712. The maximum Gasteiger partial charge on any atom is 0.253 e. The van der Waals surface area contributed by atoms with Crippen LogP contribution in [0.2, 0.25) is 0 Å². The number of likely N-dealkylation sites (tertiary alicyclic amines) is 1. The number of nitrogens with zero attached hydrogens (tertiary/aromatic N) is 2. The van der Waals surface area contributed by atoms with Crippen LogP contribution in [-0.2, 0) is 4.79 Å². The fourth-order valence-electron chi connectivity index (χ4n) is 3.29. The number of carbonyl (C=O) groups is 2. The quantitative estimate of drug-likeness (QED) is 0.537. The molecule has 0 radical (unpaired) electrons. The molecule has 0 unspecified atom stereocenters. The molecule has 0 saturated carbocycles. The van der Waals surface area contributed by atoms with E-state index in [0.717, 1.165) is 31.6 Å². The number of aldehydes is 1. The van der Waals surface area contributed by atoms with Gasteiger partial charge < -0.3 is 14.6 Å². The van der Waals surface area contributed by atoms with Gasteiger partial charge in [0.1, 0.15) is 5.52 Å². The van der Waals surface area contributed by atoms with Crippen LogP contribution in [0.25, 0.3) is 16.7 Å². The van der Waals surface area contributed by atoms with Crippen LogP contribution in [0.3, 0.4) is 0 Å². The molecule has 1 aromatic heterocycles. The van der Waals surface area contributed by atoms with Crippen molar-refractivity contribution < 1.29 is 14.0 Å². The highest BCUT2D eigenvalue weighted by molar-refractivity contribution is 6.06. The molecule has 142 valence electrons. The summed E-state index contributed by atoms with van der Waals surface area (Å²) in [4.78, 5) is 30.2. The molecule has 0 bridgehead atoms. The van der Waals surface area contributed by atoms with Crippen LogP contribution in [0, 0.1) is 0 Å². The standard InChI is InChI=1S/C22H21N3O3/c26-15-17(21-24-19-6-2-3-7-20(19)28-21)14-23-18-10-8-16(9-11-18)22(27)25-12-4-1-5-13-25/h2-3,6-11,14-15,23H,1,4-5,12-13H2/b17-14+. The Morgan fingerprint density at radius 1 is 1.04 bits per heavy atom. The maximum atomic E-state index is 12.5. The molecule has 1 amide bonds. The number of hydrogen-bond acceptors (Lipinski definition) is 5. The summed E-state index contributed by atoms with van der Waals surface area (Å²) in [5, 5.41) is 3.07. The first-order valence-electron chi connectivity index (χ1n) is 9.42. The molecule has 0 aliphatic carbocycles. The molecule has 1 N–H and O–H groups in total. The zero-order valence-corrected chi connectivity index (χ0v) is 15.4. The predicted molar refractivity (Wildman–Crippen MR) is 108 cm³/mol. The summed E-state index contributed by atoms with van der Waals surface area (Å²) < 4.78 is 5.63. The third-order valence-corrected chi connectivity index (χ3v) is 4.84. The van der Waals surface area contributed by atoms with Crippen molar-refractivity contribution in [2.75, 3.05) is 18.4 Å². The number of anilines is 1. The van der Waals surface area contributed by atoms with Gasteiger partial charge in [0.25, 0.3) is 5.91 Å². The molecule has 6 nitrogen and oxygen atoms in total. The molecule has 6 heteroatoms. The maximum absolute atomic E-state index is 12.5. The molecule has 0 atom stereocenters. The topological polar surface area (TPSA) is 75.4 Å². The number of piperidine rings is 1. The minimum atomic E-state index is 0.0712. The van der Waals surface area contributed by atoms with E-state index < -0.39 is 0 Å². The lowest BCUT2D eigenvalue weighted by molar-refractivity contribution is -0.103. The summed E-state index contributed by atoms with van der Waals surface area (Å²) in [5.41, 5.74) is 3.08. The van der Waals surface area contributed by atoms with Crippen LogP contribution in [0.4, 0.5) is 5.69 Å². The van der Waals surface area contributed by atoms with E-state index in [4.69, 9.17) is 4.42 Å². The van der Waals surface area contributed by atoms with Gasteiger partial charge in [-0.15, -0.1) is 0 Å². The van der Waals surface area contributed by atoms with Gasteiger partial charge in [0.05, 0.1) is 5.57 Å². The van der Waals surface area contributed by atoms with E-state index in [1.165, 1.54) is 6.42 Å². The Morgan fingerprint density at radius 2 is 1.79 bits per heavy atom. The number of hydrogen-bond donors (Lipinski definition) is 1. The number of benzene rings is 2. The van der Waals surface area contributed by atoms with Crippen molar-refractivity contribution in [3.8, 4) is 0 Å². The summed E-state index contributed by atoms with van der Waals surface area (Å²) in [6, 6.07) is 14.6. The van der Waals surface area contributed by atoms with Gasteiger partial charge in [0, 0.05) is 30.5 Å². The minimum Gasteiger partial charge on any atom is -0.436 e. The molecule has 3 aromatic rings. The molecule has 2 aromatic carbocycles. The van der Waals surface area contributed by atoms with Gasteiger partial charge in [-0.2, -0.15) is 0 Å². The SMILES string of the molecule is O=C/C(=C\Nc1ccc(C(=O)N2CCCCC2)cc1)c1nc2ccccc2o1. The summed E-state index contributed by atoms with van der Waals surface area (Å²) in [5.74, 6) is 0.336. The number of amides is 1. The first-order chi connectivity index (χ1) is 13.7. The summed E-state index contributed by atoms with van der Waals surface area (Å²) in [6.45, 7) is 1.66. The smallest absolute Gasteiger partial charge is 0.253 e. The molecular formula is C22H21N3O3. The van der Waals surface area contributed by atoms with Crippen LogP contribution in [0.5, 0.6) is 0 Å². The number of para-hydroxylation sites is 2. The highest BCUT2D eigenvalue weighted by Crippen LogP contribution is 2.20. The van der Waals surface area contributed by atoms with Gasteiger partial charge in [0.15, 0.2) is 11.9 Å². The Bertz CT molecular complexity index is 982. The Balaban J connectivity index is 1.47. The van der Waals surface area contributed by atoms with Crippen molar-refractivity contribution in [1.82, 2.24) is 9.88 Å². The number of fused-ring (bicyclic) bond motifs is 1. The van der Waals surface area contributed by atoms with Gasteiger partial charge in [0.2, 0.25) is 5.89 Å². The van der Waals surface area contributed by atoms with E-state index in [1.807, 2.05) is 35.2 Å². The monoisotopic (exact) mass is 375 g/mol. The largest absolute Gasteiger partial charge is 0.436 e. The molecule has 1 aliphatic heterocycles. The number of allylic oxidation sites excluding steroid dienone is 1. The lowest BCUT2D eigenvalue weighted by atomic mass is 10.1. The van der Waals surface area contributed by atoms with Crippen molar-refractivity contribution >= 4 is 34.6 Å². The van der Waals surface area contributed by atoms with Crippen LogP contribution < -0.4 is 5.32 Å². The third-order valence-electron chi connectivity index (χ3n) is 4.84. The lowest BCUT2D eigenvalue weighted by Crippen LogP contribution is -2.35. The second kappa shape index (κ2) is 8.08. The van der Waals surface area contributed by atoms with Crippen molar-refractivity contribution in [2.24, 2.45) is 0 Å². The van der Waals surface area contributed by atoms with Crippen LogP contribution in [0.15, 0.2) is 59.1 Å². The van der Waals surface area contributed by atoms with E-state index in [0.29, 0.717) is 28.5 Å². The first kappa shape index (κ1) is 18.0. The Labute approximate surface area is 162 Å². The summed E-state index contributed by atoms with van der Waals surface area (Å²) in [6.07, 6.45) is 5.59. The second-order valence-electron chi connectivity index (χ2n) is 6.78. The number of carbonyl (C=O) groups excluding carboxylic acids is 2. The number of aromatic nitrogens is 1. The predicted octanol–water partition coefficient (Wildman–Crippen LogP) is 4.11. The number of oxazole rings is 1. The Morgan fingerprint density at radius 3 is 2.50 bits per heavy atom. The van der Waals surface area contributed by atoms with Gasteiger partial charge in [-0.3, -0.25) is 9.59 Å². The van der Waals surface area contributed by atoms with Crippen molar-refractivity contribution in [3.05, 3.63) is 66.2 Å². The number of nitrogens with one attached hydrogen (secondary N) is 1. The zero-order chi connectivity index (χ0) is 19.3. The molecule has 1 saturated heterocycles. The molecule has 4 rings (SSSR count). The van der Waals surface area contributed by atoms with E-state index in [1.54, 1.807) is 24.4 Å². The van der Waals surface area contributed by atoms with Crippen molar-refractivity contribution in [2.45, 2.75) is 19.3 Å². The van der Waals surface area contributed by atoms with E-state index in [2.05, 4.69) is 10.3 Å². The van der Waals surface area contributed by atoms with Crippen molar-refractivity contribution in [3.63, 3.8) is 0 Å². The summed E-state index contributed by atoms with van der Waals surface area (Å²) >= 11 is 0. The van der Waals surface area contributed by atoms with E-state index in [-0.39, 0.29) is 11.8 Å². The van der Waals surface area contributed by atoms with Gasteiger partial charge in [-0.25, -0.2) is 4.98 Å². The van der Waals surface area contributed by atoms with Crippen molar-refractivity contribution in [1.29, 1.82) is 0 Å². The fraction of sp³-hybridized carbons (Fsp3) is 0.227. The fourth-order valence-corrected chi connectivity index (χ4v) is 3.29. The molecule has 28 heavy (non-hydrogen) atoms. The second-order valence-corrected chi connectivity index (χ2v) is 6.78. The Hall–Kier alpha value is -3.41. The van der Waals surface area contributed by atoms with Gasteiger partial charge in [-0.05, 0) is 55.7 Å². The Kier molecular flexibility index (Phi) is 5.19. The van der Waals surface area contributed by atoms with Crippen LogP contribution in [-0.4, -0.2) is 35.2 Å². The summed E-state index contributed by atoms with van der Waals surface area (Å²) in [7, 11) is 0. The van der Waals surface area contributed by atoms with Crippen LogP contribution in [0.1, 0.15) is 35.5 Å². The highest BCUT2D eigenvalue weighted by Gasteiger charge is 2.17. The number of rotatable bonds is 5. The van der Waals surface area contributed by atoms with Gasteiger partial charge >= 0.3 is 0 Å². The zero-order valence-electron chi connectivity index (χ0n) is 15.4. The van der Waals surface area contributed by atoms with Gasteiger partial charge in [-0.1, -0.05) is 12.1 Å². The first-order valence-corrected chi connectivity index (χ1v) is 9.42. The molecule has 0 spiro atoms. The molecule has 1 fully saturated rings. The van der Waals surface area contributed by atoms with E-state index >= 15 is 0 Å². The average Bonchev–Trinajstić information content (AvgIpc) is 3.19. The molecular weight excluding hydrogens is 354 g/mol. The molecule has 1 aliphatic rings. The normalized spacial score (nSPS) is 14.9. The van der Waals surface area contributed by atoms with Crippen LogP contribution >= 0.6 is 0 Å². The van der Waals surface area contributed by atoms with E-state index in [9.17, 15) is 9.59 Å². The highest BCUT2D eigenvalue weighted by atomic mass is 16.3. The molecule has 2 heterocycles.